The van der Waals surface area contributed by atoms with Gasteiger partial charge in [0.05, 0.1) is 22.0 Å². The Morgan fingerprint density at radius 1 is 1.22 bits per heavy atom. The first-order valence-corrected chi connectivity index (χ1v) is 4.72. The average molecular weight is 261 g/mol. The Balaban J connectivity index is 3.50. The molecule has 0 saturated carbocycles. The third kappa shape index (κ3) is 2.56. The van der Waals surface area contributed by atoms with E-state index in [-0.39, 0.29) is 11.1 Å². The number of hydrogen-bond acceptors (Lipinski definition) is 5. The van der Waals surface area contributed by atoms with Crippen LogP contribution in [0.3, 0.4) is 0 Å². The molecule has 98 valence electrons. The van der Waals surface area contributed by atoms with Crippen LogP contribution in [-0.2, 0) is 0 Å². The number of hydrogen-bond donors (Lipinski definition) is 1. The zero-order valence-electron chi connectivity index (χ0n) is 9.17. The van der Waals surface area contributed by atoms with Gasteiger partial charge in [0.15, 0.2) is 0 Å². The molecule has 0 fully saturated rings. The zero-order chi connectivity index (χ0) is 14.0. The van der Waals surface area contributed by atoms with Crippen LogP contribution in [0.5, 0.6) is 0 Å². The number of benzene rings is 1. The minimum absolute atomic E-state index is 0.0987. The van der Waals surface area contributed by atoms with E-state index in [1.165, 1.54) is 6.92 Å². The highest BCUT2D eigenvalue weighted by Crippen LogP contribution is 2.32. The summed E-state index contributed by atoms with van der Waals surface area (Å²) in [5.41, 5.74) is 3.54. The van der Waals surface area contributed by atoms with Crippen molar-refractivity contribution in [3.63, 3.8) is 0 Å². The van der Waals surface area contributed by atoms with Crippen LogP contribution in [0.15, 0.2) is 12.1 Å². The van der Waals surface area contributed by atoms with E-state index in [0.29, 0.717) is 0 Å². The van der Waals surface area contributed by atoms with E-state index < -0.39 is 33.7 Å². The van der Waals surface area contributed by atoms with Gasteiger partial charge in [-0.15, -0.1) is 0 Å². The number of nitro groups is 2. The summed E-state index contributed by atoms with van der Waals surface area (Å²) >= 11 is 0. The van der Waals surface area contributed by atoms with Gasteiger partial charge in [0.1, 0.15) is 0 Å². The summed E-state index contributed by atoms with van der Waals surface area (Å²) in [4.78, 5) is 19.5. The van der Waals surface area contributed by atoms with Crippen molar-refractivity contribution in [1.29, 1.82) is 0 Å². The van der Waals surface area contributed by atoms with Gasteiger partial charge < -0.3 is 5.73 Å². The summed E-state index contributed by atoms with van der Waals surface area (Å²) in [7, 11) is 0. The predicted molar refractivity (Wildman–Crippen MR) is 57.4 cm³/mol. The Morgan fingerprint density at radius 2 is 1.78 bits per heavy atom. The molecule has 7 nitrogen and oxygen atoms in total. The van der Waals surface area contributed by atoms with Crippen molar-refractivity contribution < 1.29 is 18.6 Å². The fourth-order valence-corrected chi connectivity index (χ4v) is 1.48. The summed E-state index contributed by atoms with van der Waals surface area (Å²) in [5.74, 6) is 0. The largest absolute Gasteiger partial charge is 0.319 e. The Labute approximate surface area is 99.5 Å². The average Bonchev–Trinajstić information content (AvgIpc) is 2.27. The molecule has 9 heteroatoms. The van der Waals surface area contributed by atoms with E-state index in [1.54, 1.807) is 0 Å². The first-order chi connectivity index (χ1) is 8.25. The SMILES string of the molecule is Cc1c(C(N)C(F)F)cc([N+](=O)[O-])cc1[N+](=O)[O-]. The highest BCUT2D eigenvalue weighted by atomic mass is 19.3. The molecule has 1 unspecified atom stereocenters. The first-order valence-electron chi connectivity index (χ1n) is 4.72. The Morgan fingerprint density at radius 3 is 2.17 bits per heavy atom. The molecule has 0 amide bonds. The van der Waals surface area contributed by atoms with Crippen molar-refractivity contribution in [1.82, 2.24) is 0 Å². The quantitative estimate of drug-likeness (QED) is 0.658. The van der Waals surface area contributed by atoms with Crippen molar-refractivity contribution in [2.45, 2.75) is 19.4 Å². The summed E-state index contributed by atoms with van der Waals surface area (Å²) in [6.45, 7) is 1.22. The molecule has 0 aliphatic carbocycles. The monoisotopic (exact) mass is 261 g/mol. The maximum atomic E-state index is 12.5. The Bertz CT molecular complexity index is 507. The van der Waals surface area contributed by atoms with Gasteiger partial charge in [-0.1, -0.05) is 0 Å². The van der Waals surface area contributed by atoms with Crippen molar-refractivity contribution in [3.05, 3.63) is 43.5 Å². The zero-order valence-corrected chi connectivity index (χ0v) is 9.17. The van der Waals surface area contributed by atoms with Crippen LogP contribution in [0.4, 0.5) is 20.2 Å². The number of rotatable bonds is 4. The fraction of sp³-hybridized carbons (Fsp3) is 0.333. The lowest BCUT2D eigenvalue weighted by Crippen LogP contribution is -2.20. The molecule has 18 heavy (non-hydrogen) atoms. The molecule has 1 aromatic rings. The molecule has 1 aromatic carbocycles. The standard InChI is InChI=1S/C9H9F2N3O4/c1-4-6(8(12)9(10)11)2-5(13(15)16)3-7(4)14(17)18/h2-3,8-9H,12H2,1H3. The van der Waals surface area contributed by atoms with E-state index in [4.69, 9.17) is 5.73 Å². The number of non-ortho nitro benzene ring substituents is 1. The van der Waals surface area contributed by atoms with Gasteiger partial charge in [0, 0.05) is 11.6 Å². The second kappa shape index (κ2) is 5.00. The topological polar surface area (TPSA) is 112 Å². The molecule has 0 heterocycles. The molecule has 0 radical (unpaired) electrons. The lowest BCUT2D eigenvalue weighted by atomic mass is 9.99. The van der Waals surface area contributed by atoms with Crippen LogP contribution < -0.4 is 5.73 Å². The molecule has 0 aromatic heterocycles. The van der Waals surface area contributed by atoms with Gasteiger partial charge in [-0.2, -0.15) is 0 Å². The van der Waals surface area contributed by atoms with E-state index in [1.807, 2.05) is 0 Å². The van der Waals surface area contributed by atoms with Crippen LogP contribution >= 0.6 is 0 Å². The van der Waals surface area contributed by atoms with E-state index in [9.17, 15) is 29.0 Å². The van der Waals surface area contributed by atoms with Crippen LogP contribution in [0.1, 0.15) is 17.2 Å². The number of alkyl halides is 2. The second-order valence-electron chi connectivity index (χ2n) is 3.55. The molecule has 0 aliphatic heterocycles. The maximum absolute atomic E-state index is 12.5. The highest BCUT2D eigenvalue weighted by Gasteiger charge is 2.27. The number of halogens is 2. The smallest absolute Gasteiger partial charge is 0.279 e. The molecule has 0 bridgehead atoms. The lowest BCUT2D eigenvalue weighted by Gasteiger charge is -2.13. The van der Waals surface area contributed by atoms with Crippen LogP contribution in [-0.4, -0.2) is 16.3 Å². The van der Waals surface area contributed by atoms with Gasteiger partial charge >= 0.3 is 0 Å². The molecule has 0 aliphatic rings. The molecule has 2 N–H and O–H groups in total. The van der Waals surface area contributed by atoms with Gasteiger partial charge in [-0.25, -0.2) is 8.78 Å². The predicted octanol–water partition coefficient (Wildman–Crippen LogP) is 2.08. The normalized spacial score (nSPS) is 12.5. The molecular weight excluding hydrogens is 252 g/mol. The maximum Gasteiger partial charge on any atom is 0.279 e. The number of nitrogens with two attached hydrogens (primary N) is 1. The summed E-state index contributed by atoms with van der Waals surface area (Å²) < 4.78 is 25.0. The minimum Gasteiger partial charge on any atom is -0.319 e. The Hall–Kier alpha value is -2.16. The summed E-state index contributed by atoms with van der Waals surface area (Å²) in [6.07, 6.45) is -2.97. The highest BCUT2D eigenvalue weighted by molar-refractivity contribution is 5.54. The summed E-state index contributed by atoms with van der Waals surface area (Å²) in [6, 6.07) is -0.250. The number of nitrogens with zero attached hydrogens (tertiary/aromatic N) is 2. The van der Waals surface area contributed by atoms with Crippen molar-refractivity contribution in [2.24, 2.45) is 5.73 Å². The third-order valence-electron chi connectivity index (χ3n) is 2.44. The van der Waals surface area contributed by atoms with Gasteiger partial charge in [-0.3, -0.25) is 20.2 Å². The van der Waals surface area contributed by atoms with Gasteiger partial charge in [-0.05, 0) is 12.5 Å². The van der Waals surface area contributed by atoms with Crippen LogP contribution in [0, 0.1) is 27.2 Å². The third-order valence-corrected chi connectivity index (χ3v) is 2.44. The van der Waals surface area contributed by atoms with E-state index >= 15 is 0 Å². The molecule has 0 spiro atoms. The van der Waals surface area contributed by atoms with E-state index in [2.05, 4.69) is 0 Å². The molecule has 1 rings (SSSR count). The second-order valence-corrected chi connectivity index (χ2v) is 3.55. The summed E-state index contributed by atoms with van der Waals surface area (Å²) in [5, 5.41) is 21.3. The first kappa shape index (κ1) is 13.9. The van der Waals surface area contributed by atoms with Crippen molar-refractivity contribution >= 4 is 11.4 Å². The lowest BCUT2D eigenvalue weighted by molar-refractivity contribution is -0.394. The van der Waals surface area contributed by atoms with E-state index in [0.717, 1.165) is 12.1 Å². The number of nitro benzene ring substituents is 2. The van der Waals surface area contributed by atoms with Gasteiger partial charge in [0.2, 0.25) is 0 Å². The Kier molecular flexibility index (Phi) is 3.86. The minimum atomic E-state index is -2.97. The molecule has 0 saturated heterocycles. The fourth-order valence-electron chi connectivity index (χ4n) is 1.48. The van der Waals surface area contributed by atoms with Gasteiger partial charge in [0.25, 0.3) is 17.8 Å². The van der Waals surface area contributed by atoms with Crippen molar-refractivity contribution in [3.8, 4) is 0 Å². The van der Waals surface area contributed by atoms with Crippen LogP contribution in [0.25, 0.3) is 0 Å². The van der Waals surface area contributed by atoms with Crippen molar-refractivity contribution in [2.75, 3.05) is 0 Å². The van der Waals surface area contributed by atoms with Crippen LogP contribution in [0.2, 0.25) is 0 Å². The molecular formula is C9H9F2N3O4. The molecule has 1 atom stereocenters.